The summed E-state index contributed by atoms with van der Waals surface area (Å²) in [6, 6.07) is 6.27. The van der Waals surface area contributed by atoms with Crippen molar-refractivity contribution in [3.8, 4) is 5.75 Å². The molecule has 1 amide bonds. The standard InChI is InChI=1S/C14H17NO4/c1-3-4-12(14(17)18)15-13(16)9-19-11-7-5-10(2)6-8-11/h3,5-8,12H,1,4,9H2,2H3,(H,15,16)(H,17,18). The molecule has 0 heterocycles. The first-order valence-electron chi connectivity index (χ1n) is 5.85. The molecule has 19 heavy (non-hydrogen) atoms. The normalized spacial score (nSPS) is 11.4. The van der Waals surface area contributed by atoms with E-state index in [0.29, 0.717) is 5.75 Å². The van der Waals surface area contributed by atoms with Crippen LogP contribution < -0.4 is 10.1 Å². The third kappa shape index (κ3) is 5.25. The molecule has 1 atom stereocenters. The van der Waals surface area contributed by atoms with Crippen molar-refractivity contribution >= 4 is 11.9 Å². The summed E-state index contributed by atoms with van der Waals surface area (Å²) in [6.07, 6.45) is 1.62. The van der Waals surface area contributed by atoms with Gasteiger partial charge in [0.15, 0.2) is 6.61 Å². The van der Waals surface area contributed by atoms with Gasteiger partial charge in [-0.1, -0.05) is 23.8 Å². The Morgan fingerprint density at radius 1 is 1.42 bits per heavy atom. The lowest BCUT2D eigenvalue weighted by Gasteiger charge is -2.13. The molecule has 0 aromatic heterocycles. The van der Waals surface area contributed by atoms with E-state index in [0.717, 1.165) is 5.56 Å². The first kappa shape index (κ1) is 14.8. The molecule has 0 fully saturated rings. The van der Waals surface area contributed by atoms with E-state index < -0.39 is 17.9 Å². The molecule has 1 aromatic carbocycles. The van der Waals surface area contributed by atoms with Crippen LogP contribution in [-0.4, -0.2) is 29.6 Å². The number of nitrogens with one attached hydrogen (secondary N) is 1. The molecule has 0 radical (unpaired) electrons. The van der Waals surface area contributed by atoms with Gasteiger partial charge < -0.3 is 15.2 Å². The minimum Gasteiger partial charge on any atom is -0.484 e. The fourth-order valence-electron chi connectivity index (χ4n) is 1.41. The van der Waals surface area contributed by atoms with Gasteiger partial charge in [-0.15, -0.1) is 6.58 Å². The number of ether oxygens (including phenoxy) is 1. The van der Waals surface area contributed by atoms with Crippen LogP contribution in [0.2, 0.25) is 0 Å². The van der Waals surface area contributed by atoms with Gasteiger partial charge in [-0.3, -0.25) is 4.79 Å². The van der Waals surface area contributed by atoms with Gasteiger partial charge in [0, 0.05) is 0 Å². The van der Waals surface area contributed by atoms with Gasteiger partial charge in [0.1, 0.15) is 11.8 Å². The van der Waals surface area contributed by atoms with Crippen molar-refractivity contribution in [3.63, 3.8) is 0 Å². The number of carbonyl (C=O) groups is 2. The molecule has 1 unspecified atom stereocenters. The van der Waals surface area contributed by atoms with Crippen molar-refractivity contribution in [2.24, 2.45) is 0 Å². The Morgan fingerprint density at radius 2 is 2.05 bits per heavy atom. The van der Waals surface area contributed by atoms with Gasteiger partial charge in [0.25, 0.3) is 5.91 Å². The minimum absolute atomic E-state index is 0.172. The monoisotopic (exact) mass is 263 g/mol. The Morgan fingerprint density at radius 3 is 2.58 bits per heavy atom. The van der Waals surface area contributed by atoms with Gasteiger partial charge in [-0.25, -0.2) is 4.79 Å². The summed E-state index contributed by atoms with van der Waals surface area (Å²) in [5, 5.41) is 11.2. The molecule has 0 bridgehead atoms. The largest absolute Gasteiger partial charge is 0.484 e. The average molecular weight is 263 g/mol. The van der Waals surface area contributed by atoms with E-state index in [9.17, 15) is 9.59 Å². The topological polar surface area (TPSA) is 75.6 Å². The molecule has 0 aliphatic rings. The van der Waals surface area contributed by atoms with Gasteiger partial charge in [-0.05, 0) is 25.5 Å². The van der Waals surface area contributed by atoms with Crippen molar-refractivity contribution in [3.05, 3.63) is 42.5 Å². The zero-order valence-electron chi connectivity index (χ0n) is 10.8. The van der Waals surface area contributed by atoms with Crippen molar-refractivity contribution in [1.29, 1.82) is 0 Å². The number of aryl methyl sites for hydroxylation is 1. The maximum Gasteiger partial charge on any atom is 0.326 e. The summed E-state index contributed by atoms with van der Waals surface area (Å²) in [5.74, 6) is -1.00. The molecule has 5 heteroatoms. The maximum atomic E-state index is 11.5. The first-order valence-corrected chi connectivity index (χ1v) is 5.85. The summed E-state index contributed by atoms with van der Waals surface area (Å²) in [5.41, 5.74) is 1.09. The Hall–Kier alpha value is -2.30. The van der Waals surface area contributed by atoms with E-state index in [4.69, 9.17) is 9.84 Å². The number of hydrogen-bond acceptors (Lipinski definition) is 3. The zero-order valence-corrected chi connectivity index (χ0v) is 10.8. The molecule has 0 aliphatic heterocycles. The number of carbonyl (C=O) groups excluding carboxylic acids is 1. The number of hydrogen-bond donors (Lipinski definition) is 2. The minimum atomic E-state index is -1.09. The Kier molecular flexibility index (Phi) is 5.60. The highest BCUT2D eigenvalue weighted by atomic mass is 16.5. The maximum absolute atomic E-state index is 11.5. The quantitative estimate of drug-likeness (QED) is 0.731. The highest BCUT2D eigenvalue weighted by molar-refractivity contribution is 5.84. The van der Waals surface area contributed by atoms with Crippen LogP contribution in [0.4, 0.5) is 0 Å². The summed E-state index contributed by atoms with van der Waals surface area (Å²) >= 11 is 0. The van der Waals surface area contributed by atoms with Crippen molar-refractivity contribution in [2.45, 2.75) is 19.4 Å². The SMILES string of the molecule is C=CCC(NC(=O)COc1ccc(C)cc1)C(=O)O. The van der Waals surface area contributed by atoms with Crippen LogP contribution in [-0.2, 0) is 9.59 Å². The van der Waals surface area contributed by atoms with E-state index in [2.05, 4.69) is 11.9 Å². The molecule has 0 spiro atoms. The third-order valence-electron chi connectivity index (χ3n) is 2.43. The smallest absolute Gasteiger partial charge is 0.326 e. The van der Waals surface area contributed by atoms with Crippen LogP contribution in [0.1, 0.15) is 12.0 Å². The Bertz CT molecular complexity index is 453. The molecule has 2 N–H and O–H groups in total. The van der Waals surface area contributed by atoms with Crippen molar-refractivity contribution in [1.82, 2.24) is 5.32 Å². The highest BCUT2D eigenvalue weighted by Crippen LogP contribution is 2.10. The second kappa shape index (κ2) is 7.20. The molecule has 0 saturated heterocycles. The van der Waals surface area contributed by atoms with Gasteiger partial charge in [-0.2, -0.15) is 0 Å². The van der Waals surface area contributed by atoms with Crippen LogP contribution in [0.5, 0.6) is 5.75 Å². The lowest BCUT2D eigenvalue weighted by atomic mass is 10.2. The zero-order chi connectivity index (χ0) is 14.3. The van der Waals surface area contributed by atoms with Gasteiger partial charge in [0.05, 0.1) is 0 Å². The van der Waals surface area contributed by atoms with E-state index in [-0.39, 0.29) is 13.0 Å². The van der Waals surface area contributed by atoms with Crippen molar-refractivity contribution < 1.29 is 19.4 Å². The number of carboxylic acid groups (broad SMARTS) is 1. The van der Waals surface area contributed by atoms with Crippen LogP contribution in [0.3, 0.4) is 0 Å². The van der Waals surface area contributed by atoms with E-state index in [1.807, 2.05) is 19.1 Å². The first-order chi connectivity index (χ1) is 9.02. The summed E-state index contributed by atoms with van der Waals surface area (Å²) < 4.78 is 5.25. The predicted molar refractivity (Wildman–Crippen MR) is 71.1 cm³/mol. The molecule has 5 nitrogen and oxygen atoms in total. The van der Waals surface area contributed by atoms with Crippen LogP contribution in [0.25, 0.3) is 0 Å². The lowest BCUT2D eigenvalue weighted by Crippen LogP contribution is -2.42. The number of amides is 1. The third-order valence-corrected chi connectivity index (χ3v) is 2.43. The predicted octanol–water partition coefficient (Wildman–Crippen LogP) is 1.52. The molecule has 0 saturated carbocycles. The molecule has 1 rings (SSSR count). The molecule has 102 valence electrons. The highest BCUT2D eigenvalue weighted by Gasteiger charge is 2.18. The number of benzene rings is 1. The number of aliphatic carboxylic acids is 1. The molecular weight excluding hydrogens is 246 g/mol. The Balaban J connectivity index is 2.44. The molecule has 0 aliphatic carbocycles. The summed E-state index contributed by atoms with van der Waals surface area (Å²) in [4.78, 5) is 22.4. The fourth-order valence-corrected chi connectivity index (χ4v) is 1.41. The summed E-state index contributed by atoms with van der Waals surface area (Å²) in [7, 11) is 0. The fraction of sp³-hybridized carbons (Fsp3) is 0.286. The Labute approximate surface area is 111 Å². The van der Waals surface area contributed by atoms with E-state index >= 15 is 0 Å². The van der Waals surface area contributed by atoms with Crippen LogP contribution in [0.15, 0.2) is 36.9 Å². The van der Waals surface area contributed by atoms with Crippen LogP contribution >= 0.6 is 0 Å². The molecule has 1 aromatic rings. The van der Waals surface area contributed by atoms with Crippen LogP contribution in [0, 0.1) is 6.92 Å². The second-order valence-corrected chi connectivity index (χ2v) is 4.08. The second-order valence-electron chi connectivity index (χ2n) is 4.08. The van der Waals surface area contributed by atoms with E-state index in [1.54, 1.807) is 12.1 Å². The van der Waals surface area contributed by atoms with Gasteiger partial charge >= 0.3 is 5.97 Å². The van der Waals surface area contributed by atoms with Gasteiger partial charge in [0.2, 0.25) is 0 Å². The number of carboxylic acids is 1. The van der Waals surface area contributed by atoms with E-state index in [1.165, 1.54) is 6.08 Å². The number of rotatable bonds is 7. The summed E-state index contributed by atoms with van der Waals surface area (Å²) in [6.45, 7) is 5.18. The average Bonchev–Trinajstić information content (AvgIpc) is 2.37. The molecular formula is C14H17NO4. The lowest BCUT2D eigenvalue weighted by molar-refractivity contribution is -0.142. The van der Waals surface area contributed by atoms with Crippen molar-refractivity contribution in [2.75, 3.05) is 6.61 Å².